The Morgan fingerprint density at radius 2 is 2.12 bits per heavy atom. The van der Waals surface area contributed by atoms with Crippen molar-refractivity contribution in [2.24, 2.45) is 5.73 Å². The van der Waals surface area contributed by atoms with Gasteiger partial charge in [-0.1, -0.05) is 0 Å². The Kier molecular flexibility index (Phi) is 4.39. The molecule has 4 nitrogen and oxygen atoms in total. The van der Waals surface area contributed by atoms with Gasteiger partial charge in [0.15, 0.2) is 11.6 Å². The van der Waals surface area contributed by atoms with Gasteiger partial charge in [-0.2, -0.15) is 0 Å². The summed E-state index contributed by atoms with van der Waals surface area (Å²) in [6.45, 7) is 0.0735. The minimum atomic E-state index is -1.24. The zero-order chi connectivity index (χ0) is 13.0. The van der Waals surface area contributed by atoms with Crippen LogP contribution in [0.4, 0.5) is 8.78 Å². The summed E-state index contributed by atoms with van der Waals surface area (Å²) in [7, 11) is 1.20. The molecular formula is C11H13F2NO3. The van der Waals surface area contributed by atoms with Crippen LogP contribution in [-0.2, 0) is 4.79 Å². The standard InChI is InChI=1S/C11H13F2NO3/c1-17-10-5-8(12)7(4-9(10)13)6(2-3-14)11(15)16/h4-6H,2-3,14H2,1H3,(H,15,16). The minimum Gasteiger partial charge on any atom is -0.494 e. The van der Waals surface area contributed by atoms with Crippen LogP contribution in [0.3, 0.4) is 0 Å². The average Bonchev–Trinajstić information content (AvgIpc) is 2.28. The van der Waals surface area contributed by atoms with Crippen LogP contribution >= 0.6 is 0 Å². The molecular weight excluding hydrogens is 232 g/mol. The van der Waals surface area contributed by atoms with Crippen LogP contribution in [0, 0.1) is 11.6 Å². The van der Waals surface area contributed by atoms with E-state index in [-0.39, 0.29) is 24.3 Å². The number of halogens is 2. The van der Waals surface area contributed by atoms with Gasteiger partial charge in [0.2, 0.25) is 0 Å². The van der Waals surface area contributed by atoms with Gasteiger partial charge < -0.3 is 15.6 Å². The number of benzene rings is 1. The minimum absolute atomic E-state index is 0.0397. The molecule has 0 aromatic heterocycles. The van der Waals surface area contributed by atoms with Crippen LogP contribution in [0.25, 0.3) is 0 Å². The van der Waals surface area contributed by atoms with Crippen LogP contribution in [0.1, 0.15) is 17.9 Å². The third-order valence-corrected chi connectivity index (χ3v) is 2.40. The molecule has 3 N–H and O–H groups in total. The van der Waals surface area contributed by atoms with Gasteiger partial charge in [0, 0.05) is 11.6 Å². The lowest BCUT2D eigenvalue weighted by Gasteiger charge is -2.13. The molecule has 1 aromatic carbocycles. The van der Waals surface area contributed by atoms with Crippen molar-refractivity contribution in [3.63, 3.8) is 0 Å². The predicted octanol–water partition coefficient (Wildman–Crippen LogP) is 1.49. The van der Waals surface area contributed by atoms with E-state index >= 15 is 0 Å². The van der Waals surface area contributed by atoms with Crippen LogP contribution < -0.4 is 10.5 Å². The third kappa shape index (κ3) is 2.91. The molecule has 1 atom stereocenters. The largest absolute Gasteiger partial charge is 0.494 e. The zero-order valence-corrected chi connectivity index (χ0v) is 9.24. The van der Waals surface area contributed by atoms with Crippen molar-refractivity contribution >= 4 is 5.97 Å². The second-order valence-electron chi connectivity index (χ2n) is 3.48. The van der Waals surface area contributed by atoms with E-state index in [0.29, 0.717) is 0 Å². The highest BCUT2D eigenvalue weighted by Crippen LogP contribution is 2.28. The van der Waals surface area contributed by atoms with E-state index in [2.05, 4.69) is 4.74 Å². The molecule has 6 heteroatoms. The number of carboxylic acids is 1. The molecule has 0 saturated carbocycles. The Hall–Kier alpha value is -1.69. The molecule has 0 fully saturated rings. The highest BCUT2D eigenvalue weighted by atomic mass is 19.1. The SMILES string of the molecule is COc1cc(F)c(C(CCN)C(=O)O)cc1F. The van der Waals surface area contributed by atoms with Crippen LogP contribution in [-0.4, -0.2) is 24.7 Å². The van der Waals surface area contributed by atoms with Crippen molar-refractivity contribution in [3.8, 4) is 5.75 Å². The number of ether oxygens (including phenoxy) is 1. The second kappa shape index (κ2) is 5.58. The Labute approximate surface area is 97.0 Å². The molecule has 0 aliphatic rings. The summed E-state index contributed by atoms with van der Waals surface area (Å²) in [5, 5.41) is 8.92. The summed E-state index contributed by atoms with van der Waals surface area (Å²) < 4.78 is 31.6. The molecule has 0 aliphatic heterocycles. The fraction of sp³-hybridized carbons (Fsp3) is 0.364. The average molecular weight is 245 g/mol. The van der Waals surface area contributed by atoms with Crippen molar-refractivity contribution in [1.29, 1.82) is 0 Å². The zero-order valence-electron chi connectivity index (χ0n) is 9.24. The summed E-state index contributed by atoms with van der Waals surface area (Å²) >= 11 is 0. The van der Waals surface area contributed by atoms with Crippen molar-refractivity contribution in [1.82, 2.24) is 0 Å². The van der Waals surface area contributed by atoms with Gasteiger partial charge in [-0.15, -0.1) is 0 Å². The monoisotopic (exact) mass is 245 g/mol. The molecule has 1 rings (SSSR count). The molecule has 0 saturated heterocycles. The number of carboxylic acid groups (broad SMARTS) is 1. The van der Waals surface area contributed by atoms with Gasteiger partial charge in [0.1, 0.15) is 5.82 Å². The smallest absolute Gasteiger partial charge is 0.311 e. The van der Waals surface area contributed by atoms with E-state index in [4.69, 9.17) is 10.8 Å². The first kappa shape index (κ1) is 13.4. The lowest BCUT2D eigenvalue weighted by Crippen LogP contribution is -2.17. The van der Waals surface area contributed by atoms with Crippen LogP contribution in [0.2, 0.25) is 0 Å². The number of hydrogen-bond donors (Lipinski definition) is 2. The summed E-state index contributed by atoms with van der Waals surface area (Å²) in [4.78, 5) is 10.9. The maximum Gasteiger partial charge on any atom is 0.311 e. The van der Waals surface area contributed by atoms with Crippen LogP contribution in [0.5, 0.6) is 5.75 Å². The van der Waals surface area contributed by atoms with E-state index in [0.717, 1.165) is 12.1 Å². The van der Waals surface area contributed by atoms with E-state index in [9.17, 15) is 13.6 Å². The van der Waals surface area contributed by atoms with Gasteiger partial charge in [-0.05, 0) is 19.0 Å². The number of aliphatic carboxylic acids is 1. The molecule has 1 aromatic rings. The number of rotatable bonds is 5. The number of nitrogens with two attached hydrogens (primary N) is 1. The van der Waals surface area contributed by atoms with Crippen molar-refractivity contribution < 1.29 is 23.4 Å². The Morgan fingerprint density at radius 3 is 2.59 bits per heavy atom. The first-order valence-electron chi connectivity index (χ1n) is 4.97. The summed E-state index contributed by atoms with van der Waals surface area (Å²) in [5.74, 6) is -4.27. The van der Waals surface area contributed by atoms with Gasteiger partial charge in [-0.3, -0.25) is 4.79 Å². The molecule has 17 heavy (non-hydrogen) atoms. The first-order valence-corrected chi connectivity index (χ1v) is 4.97. The molecule has 1 unspecified atom stereocenters. The van der Waals surface area contributed by atoms with Crippen molar-refractivity contribution in [3.05, 3.63) is 29.3 Å². The molecule has 0 heterocycles. The third-order valence-electron chi connectivity index (χ3n) is 2.40. The Balaban J connectivity index is 3.20. The molecule has 0 bridgehead atoms. The van der Waals surface area contributed by atoms with E-state index in [1.165, 1.54) is 7.11 Å². The summed E-state index contributed by atoms with van der Waals surface area (Å²) in [5.41, 5.74) is 5.02. The number of hydrogen-bond acceptors (Lipinski definition) is 3. The predicted molar refractivity (Wildman–Crippen MR) is 57.0 cm³/mol. The quantitative estimate of drug-likeness (QED) is 0.824. The maximum atomic E-state index is 13.6. The Morgan fingerprint density at radius 1 is 1.47 bits per heavy atom. The fourth-order valence-corrected chi connectivity index (χ4v) is 1.55. The molecule has 0 spiro atoms. The van der Waals surface area contributed by atoms with Gasteiger partial charge >= 0.3 is 5.97 Å². The summed E-state index contributed by atoms with van der Waals surface area (Å²) in [6.07, 6.45) is 0.0397. The Bertz CT molecular complexity index is 423. The molecule has 94 valence electrons. The van der Waals surface area contributed by atoms with Crippen molar-refractivity contribution in [2.45, 2.75) is 12.3 Å². The van der Waals surface area contributed by atoms with Crippen LogP contribution in [0.15, 0.2) is 12.1 Å². The second-order valence-corrected chi connectivity index (χ2v) is 3.48. The highest BCUT2D eigenvalue weighted by Gasteiger charge is 2.24. The van der Waals surface area contributed by atoms with E-state index in [1.807, 2.05) is 0 Å². The lowest BCUT2D eigenvalue weighted by atomic mass is 9.95. The highest BCUT2D eigenvalue weighted by molar-refractivity contribution is 5.76. The molecule has 0 aliphatic carbocycles. The lowest BCUT2D eigenvalue weighted by molar-refractivity contribution is -0.139. The van der Waals surface area contributed by atoms with Crippen molar-refractivity contribution in [2.75, 3.05) is 13.7 Å². The van der Waals surface area contributed by atoms with Gasteiger partial charge in [-0.25, -0.2) is 8.78 Å². The molecule has 0 radical (unpaired) electrons. The topological polar surface area (TPSA) is 72.5 Å². The molecule has 0 amide bonds. The number of methoxy groups -OCH3 is 1. The van der Waals surface area contributed by atoms with E-state index in [1.54, 1.807) is 0 Å². The number of carbonyl (C=O) groups is 1. The first-order chi connectivity index (χ1) is 8.01. The summed E-state index contributed by atoms with van der Waals surface area (Å²) in [6, 6.07) is 1.67. The van der Waals surface area contributed by atoms with Gasteiger partial charge in [0.25, 0.3) is 0 Å². The van der Waals surface area contributed by atoms with E-state index < -0.39 is 23.5 Å². The normalized spacial score (nSPS) is 12.2. The fourth-order valence-electron chi connectivity index (χ4n) is 1.55. The van der Waals surface area contributed by atoms with Gasteiger partial charge in [0.05, 0.1) is 13.0 Å². The maximum absolute atomic E-state index is 13.6.